The van der Waals surface area contributed by atoms with Crippen LogP contribution in [0.1, 0.15) is 30.9 Å². The zero-order valence-electron chi connectivity index (χ0n) is 17.0. The van der Waals surface area contributed by atoms with E-state index in [0.717, 1.165) is 17.0 Å². The lowest BCUT2D eigenvalue weighted by atomic mass is 10.2. The molecule has 8 nitrogen and oxygen atoms in total. The molecule has 1 amide bonds. The second-order valence-corrected chi connectivity index (χ2v) is 8.58. The number of nitrogens with one attached hydrogen (secondary N) is 1. The number of rotatable bonds is 9. The van der Waals surface area contributed by atoms with Crippen molar-refractivity contribution >= 4 is 21.6 Å². The molecule has 0 atom stereocenters. The summed E-state index contributed by atoms with van der Waals surface area (Å²) in [6.07, 6.45) is 0. The van der Waals surface area contributed by atoms with E-state index in [1.54, 1.807) is 26.0 Å². The first-order chi connectivity index (χ1) is 13.2. The number of aromatic nitrogens is 1. The Hall–Kier alpha value is -2.23. The number of nitrogens with zero attached hydrogens (tertiary/aromatic N) is 3. The lowest BCUT2D eigenvalue weighted by Gasteiger charge is -2.19. The van der Waals surface area contributed by atoms with Gasteiger partial charge < -0.3 is 9.84 Å². The number of amides is 1. The normalized spacial score (nSPS) is 12.0. The summed E-state index contributed by atoms with van der Waals surface area (Å²) in [5, 5.41) is 6.68. The Morgan fingerprint density at radius 3 is 2.46 bits per heavy atom. The Bertz CT molecular complexity index is 900. The molecule has 0 saturated carbocycles. The van der Waals surface area contributed by atoms with Gasteiger partial charge in [-0.1, -0.05) is 25.1 Å². The second kappa shape index (κ2) is 9.31. The Labute approximate surface area is 166 Å². The first-order valence-electron chi connectivity index (χ1n) is 9.19. The number of sulfonamides is 1. The Balaban J connectivity index is 2.04. The van der Waals surface area contributed by atoms with Gasteiger partial charge in [0.05, 0.1) is 17.1 Å². The van der Waals surface area contributed by atoms with Crippen LogP contribution in [0.5, 0.6) is 0 Å². The van der Waals surface area contributed by atoms with Crippen molar-refractivity contribution in [1.82, 2.24) is 14.4 Å². The van der Waals surface area contributed by atoms with Gasteiger partial charge in [-0.2, -0.15) is 4.31 Å². The number of carbonyl (C=O) groups excluding carboxylic acids is 1. The zero-order valence-corrected chi connectivity index (χ0v) is 17.8. The lowest BCUT2D eigenvalue weighted by Crippen LogP contribution is -2.31. The number of likely N-dealkylation sites (N-methyl/N-ethyl adjacent to an activating group) is 1. The predicted octanol–water partition coefficient (Wildman–Crippen LogP) is 2.39. The topological polar surface area (TPSA) is 95.8 Å². The van der Waals surface area contributed by atoms with Crippen molar-refractivity contribution in [2.24, 2.45) is 0 Å². The molecule has 0 unspecified atom stereocenters. The largest absolute Gasteiger partial charge is 0.361 e. The van der Waals surface area contributed by atoms with Gasteiger partial charge in [0, 0.05) is 30.9 Å². The Kier molecular flexibility index (Phi) is 7.34. The fraction of sp³-hybridized carbons (Fsp3) is 0.474. The average Bonchev–Trinajstić information content (AvgIpc) is 2.94. The second-order valence-electron chi connectivity index (χ2n) is 6.64. The van der Waals surface area contributed by atoms with E-state index in [9.17, 15) is 13.2 Å². The predicted molar refractivity (Wildman–Crippen MR) is 107 cm³/mol. The molecule has 1 heterocycles. The molecule has 28 heavy (non-hydrogen) atoms. The van der Waals surface area contributed by atoms with Crippen molar-refractivity contribution in [3.63, 3.8) is 0 Å². The monoisotopic (exact) mass is 408 g/mol. The molecular formula is C19H28N4O4S. The maximum absolute atomic E-state index is 12.6. The standard InChI is InChI=1S/C19H28N4O4S/c1-6-23(7-2)28(25,26)17-10-8-9-16(11-17)20-19(24)13-22(5)12-18-14(3)21-27-15(18)4/h8-11H,6-7,12-13H2,1-5H3,(H,20,24). The van der Waals surface area contributed by atoms with Gasteiger partial charge in [0.15, 0.2) is 0 Å². The van der Waals surface area contributed by atoms with E-state index in [0.29, 0.717) is 25.3 Å². The van der Waals surface area contributed by atoms with E-state index in [4.69, 9.17) is 4.52 Å². The van der Waals surface area contributed by atoms with E-state index < -0.39 is 10.0 Å². The molecule has 0 spiro atoms. The maximum atomic E-state index is 12.6. The fourth-order valence-electron chi connectivity index (χ4n) is 2.95. The molecule has 0 fully saturated rings. The number of hydrogen-bond acceptors (Lipinski definition) is 6. The minimum atomic E-state index is -3.57. The molecule has 154 valence electrons. The van der Waals surface area contributed by atoms with Crippen LogP contribution in [0.2, 0.25) is 0 Å². The van der Waals surface area contributed by atoms with Gasteiger partial charge in [0.25, 0.3) is 0 Å². The highest BCUT2D eigenvalue weighted by molar-refractivity contribution is 7.89. The molecule has 0 radical (unpaired) electrons. The molecular weight excluding hydrogens is 380 g/mol. The van der Waals surface area contributed by atoms with Crippen LogP contribution in [0.15, 0.2) is 33.7 Å². The van der Waals surface area contributed by atoms with Gasteiger partial charge in [-0.15, -0.1) is 0 Å². The van der Waals surface area contributed by atoms with Gasteiger partial charge in [0.2, 0.25) is 15.9 Å². The summed E-state index contributed by atoms with van der Waals surface area (Å²) in [5.74, 6) is 0.505. The van der Waals surface area contributed by atoms with E-state index in [-0.39, 0.29) is 17.3 Å². The summed E-state index contributed by atoms with van der Waals surface area (Å²) in [7, 11) is -1.75. The Morgan fingerprint density at radius 2 is 1.89 bits per heavy atom. The summed E-state index contributed by atoms with van der Waals surface area (Å²) in [4.78, 5) is 14.4. The van der Waals surface area contributed by atoms with E-state index in [2.05, 4.69) is 10.5 Å². The SMILES string of the molecule is CCN(CC)S(=O)(=O)c1cccc(NC(=O)CN(C)Cc2c(C)noc2C)c1. The quantitative estimate of drug-likeness (QED) is 0.684. The minimum Gasteiger partial charge on any atom is -0.361 e. The van der Waals surface area contributed by atoms with Crippen LogP contribution in [0.3, 0.4) is 0 Å². The lowest BCUT2D eigenvalue weighted by molar-refractivity contribution is -0.117. The fourth-order valence-corrected chi connectivity index (χ4v) is 4.45. The van der Waals surface area contributed by atoms with Crippen LogP contribution in [-0.2, 0) is 21.4 Å². The van der Waals surface area contributed by atoms with Crippen LogP contribution in [-0.4, -0.2) is 55.4 Å². The first-order valence-corrected chi connectivity index (χ1v) is 10.6. The van der Waals surface area contributed by atoms with Crippen molar-refractivity contribution in [2.75, 3.05) is 32.0 Å². The summed E-state index contributed by atoms with van der Waals surface area (Å²) in [6.45, 7) is 8.75. The first kappa shape index (κ1) is 22.1. The average molecular weight is 409 g/mol. The number of carbonyl (C=O) groups is 1. The smallest absolute Gasteiger partial charge is 0.243 e. The molecule has 0 saturated heterocycles. The van der Waals surface area contributed by atoms with E-state index in [1.165, 1.54) is 16.4 Å². The molecule has 1 aromatic carbocycles. The third-order valence-corrected chi connectivity index (χ3v) is 6.53. The Morgan fingerprint density at radius 1 is 1.21 bits per heavy atom. The summed E-state index contributed by atoms with van der Waals surface area (Å²) >= 11 is 0. The molecule has 0 aliphatic carbocycles. The van der Waals surface area contributed by atoms with Crippen LogP contribution in [0.4, 0.5) is 5.69 Å². The van der Waals surface area contributed by atoms with Crippen molar-refractivity contribution < 1.29 is 17.7 Å². The number of hydrogen-bond donors (Lipinski definition) is 1. The van der Waals surface area contributed by atoms with E-state index in [1.807, 2.05) is 25.8 Å². The molecule has 9 heteroatoms. The third-order valence-electron chi connectivity index (χ3n) is 4.48. The van der Waals surface area contributed by atoms with Crippen molar-refractivity contribution in [3.05, 3.63) is 41.3 Å². The molecule has 0 aliphatic rings. The van der Waals surface area contributed by atoms with Gasteiger partial charge in [-0.3, -0.25) is 9.69 Å². The molecule has 0 aliphatic heterocycles. The molecule has 0 bridgehead atoms. The van der Waals surface area contributed by atoms with Crippen LogP contribution >= 0.6 is 0 Å². The third kappa shape index (κ3) is 5.18. The van der Waals surface area contributed by atoms with Gasteiger partial charge in [-0.25, -0.2) is 8.42 Å². The summed E-state index contributed by atoms with van der Waals surface area (Å²) in [5.41, 5.74) is 2.21. The maximum Gasteiger partial charge on any atom is 0.243 e. The van der Waals surface area contributed by atoms with Crippen LogP contribution < -0.4 is 5.32 Å². The molecule has 1 aromatic heterocycles. The number of anilines is 1. The summed E-state index contributed by atoms with van der Waals surface area (Å²) < 4.78 is 31.8. The molecule has 2 aromatic rings. The van der Waals surface area contributed by atoms with E-state index >= 15 is 0 Å². The van der Waals surface area contributed by atoms with Crippen molar-refractivity contribution in [1.29, 1.82) is 0 Å². The van der Waals surface area contributed by atoms with Gasteiger partial charge >= 0.3 is 0 Å². The summed E-state index contributed by atoms with van der Waals surface area (Å²) in [6, 6.07) is 6.32. The van der Waals surface area contributed by atoms with Crippen molar-refractivity contribution in [2.45, 2.75) is 39.1 Å². The minimum absolute atomic E-state index is 0.150. The van der Waals surface area contributed by atoms with Crippen molar-refractivity contribution in [3.8, 4) is 0 Å². The highest BCUT2D eigenvalue weighted by Gasteiger charge is 2.22. The highest BCUT2D eigenvalue weighted by atomic mass is 32.2. The number of aryl methyl sites for hydroxylation is 2. The number of benzene rings is 1. The highest BCUT2D eigenvalue weighted by Crippen LogP contribution is 2.20. The van der Waals surface area contributed by atoms with Crippen LogP contribution in [0.25, 0.3) is 0 Å². The molecule has 2 rings (SSSR count). The van der Waals surface area contributed by atoms with Crippen LogP contribution in [0, 0.1) is 13.8 Å². The van der Waals surface area contributed by atoms with Gasteiger partial charge in [-0.05, 0) is 39.1 Å². The zero-order chi connectivity index (χ0) is 20.9. The van der Waals surface area contributed by atoms with Gasteiger partial charge in [0.1, 0.15) is 5.76 Å². The molecule has 1 N–H and O–H groups in total.